The van der Waals surface area contributed by atoms with Crippen LogP contribution in [0.1, 0.15) is 25.5 Å². The third-order valence-electron chi connectivity index (χ3n) is 2.54. The number of likely N-dealkylation sites (N-methyl/N-ethyl adjacent to an activating group) is 1. The fourth-order valence-electron chi connectivity index (χ4n) is 1.51. The molecule has 5 nitrogen and oxygen atoms in total. The highest BCUT2D eigenvalue weighted by molar-refractivity contribution is 5.89. The molecule has 4 N–H and O–H groups in total. The summed E-state index contributed by atoms with van der Waals surface area (Å²) in [6, 6.07) is 7.69. The van der Waals surface area contributed by atoms with E-state index >= 15 is 0 Å². The average Bonchev–Trinajstić information content (AvgIpc) is 2.39. The highest BCUT2D eigenvalue weighted by atomic mass is 16.2. The van der Waals surface area contributed by atoms with Gasteiger partial charge in [0.1, 0.15) is 12.1 Å². The Kier molecular flexibility index (Phi) is 5.32. The van der Waals surface area contributed by atoms with Crippen molar-refractivity contribution in [2.45, 2.75) is 25.9 Å². The SMILES string of the molecule is CCNC(=O)C(C)NC(=O)[C@H](N)c1ccccc1. The van der Waals surface area contributed by atoms with Crippen LogP contribution >= 0.6 is 0 Å². The summed E-state index contributed by atoms with van der Waals surface area (Å²) >= 11 is 0. The first-order valence-electron chi connectivity index (χ1n) is 5.94. The molecule has 0 fully saturated rings. The molecule has 0 aromatic heterocycles. The molecule has 0 saturated heterocycles. The Balaban J connectivity index is 2.58. The minimum atomic E-state index is -0.761. The van der Waals surface area contributed by atoms with Gasteiger partial charge in [0, 0.05) is 6.54 Å². The van der Waals surface area contributed by atoms with Crippen LogP contribution in [0.25, 0.3) is 0 Å². The molecule has 0 heterocycles. The second-order valence-electron chi connectivity index (χ2n) is 4.01. The zero-order valence-corrected chi connectivity index (χ0v) is 10.6. The van der Waals surface area contributed by atoms with E-state index in [1.165, 1.54) is 0 Å². The molecule has 18 heavy (non-hydrogen) atoms. The average molecular weight is 249 g/mol. The summed E-state index contributed by atoms with van der Waals surface area (Å²) in [5, 5.41) is 5.22. The van der Waals surface area contributed by atoms with Gasteiger partial charge >= 0.3 is 0 Å². The Bertz CT molecular complexity index is 406. The van der Waals surface area contributed by atoms with Crippen LogP contribution < -0.4 is 16.4 Å². The van der Waals surface area contributed by atoms with Crippen LogP contribution in [-0.4, -0.2) is 24.4 Å². The van der Waals surface area contributed by atoms with Gasteiger partial charge in [-0.3, -0.25) is 9.59 Å². The summed E-state index contributed by atoms with van der Waals surface area (Å²) in [6.07, 6.45) is 0. The fraction of sp³-hybridized carbons (Fsp3) is 0.385. The highest BCUT2D eigenvalue weighted by Crippen LogP contribution is 2.09. The summed E-state index contributed by atoms with van der Waals surface area (Å²) in [4.78, 5) is 23.3. The lowest BCUT2D eigenvalue weighted by molar-refractivity contribution is -0.129. The topological polar surface area (TPSA) is 84.2 Å². The number of rotatable bonds is 5. The van der Waals surface area contributed by atoms with Gasteiger partial charge in [-0.15, -0.1) is 0 Å². The van der Waals surface area contributed by atoms with Crippen LogP contribution in [0, 0.1) is 0 Å². The summed E-state index contributed by atoms with van der Waals surface area (Å²) < 4.78 is 0. The molecule has 5 heteroatoms. The first kappa shape index (κ1) is 14.2. The number of hydrogen-bond donors (Lipinski definition) is 3. The van der Waals surface area contributed by atoms with Crippen molar-refractivity contribution in [2.75, 3.05) is 6.54 Å². The first-order chi connectivity index (χ1) is 8.56. The van der Waals surface area contributed by atoms with Gasteiger partial charge in [0.15, 0.2) is 0 Å². The van der Waals surface area contributed by atoms with Crippen LogP contribution in [0.2, 0.25) is 0 Å². The Morgan fingerprint density at radius 3 is 2.39 bits per heavy atom. The number of carbonyl (C=O) groups is 2. The van der Waals surface area contributed by atoms with Crippen molar-refractivity contribution in [2.24, 2.45) is 5.73 Å². The Morgan fingerprint density at radius 1 is 1.22 bits per heavy atom. The number of carbonyl (C=O) groups excluding carboxylic acids is 2. The highest BCUT2D eigenvalue weighted by Gasteiger charge is 2.20. The second-order valence-corrected chi connectivity index (χ2v) is 4.01. The molecular formula is C13H19N3O2. The fourth-order valence-corrected chi connectivity index (χ4v) is 1.51. The summed E-state index contributed by atoms with van der Waals surface area (Å²) in [6.45, 7) is 3.98. The molecule has 2 amide bonds. The maximum atomic E-state index is 11.8. The monoisotopic (exact) mass is 249 g/mol. The maximum Gasteiger partial charge on any atom is 0.242 e. The molecule has 0 spiro atoms. The van der Waals surface area contributed by atoms with Crippen molar-refractivity contribution in [1.82, 2.24) is 10.6 Å². The Hall–Kier alpha value is -1.88. The molecular weight excluding hydrogens is 230 g/mol. The number of nitrogens with one attached hydrogen (secondary N) is 2. The van der Waals surface area contributed by atoms with Crippen LogP contribution in [0.5, 0.6) is 0 Å². The van der Waals surface area contributed by atoms with E-state index in [0.717, 1.165) is 5.56 Å². The first-order valence-corrected chi connectivity index (χ1v) is 5.94. The minimum absolute atomic E-state index is 0.217. The van der Waals surface area contributed by atoms with Gasteiger partial charge in [-0.2, -0.15) is 0 Å². The molecule has 0 aliphatic carbocycles. The van der Waals surface area contributed by atoms with Crippen molar-refractivity contribution >= 4 is 11.8 Å². The Morgan fingerprint density at radius 2 is 1.83 bits per heavy atom. The number of hydrogen-bond acceptors (Lipinski definition) is 3. The van der Waals surface area contributed by atoms with E-state index in [2.05, 4.69) is 10.6 Å². The van der Waals surface area contributed by atoms with Gasteiger partial charge in [0.05, 0.1) is 0 Å². The van der Waals surface area contributed by atoms with E-state index in [0.29, 0.717) is 6.54 Å². The van der Waals surface area contributed by atoms with Gasteiger partial charge in [-0.05, 0) is 19.4 Å². The van der Waals surface area contributed by atoms with Crippen LogP contribution in [0.3, 0.4) is 0 Å². The van der Waals surface area contributed by atoms with E-state index in [9.17, 15) is 9.59 Å². The van der Waals surface area contributed by atoms with Crippen molar-refractivity contribution in [3.8, 4) is 0 Å². The lowest BCUT2D eigenvalue weighted by Crippen LogP contribution is -2.47. The molecule has 0 bridgehead atoms. The van der Waals surface area contributed by atoms with E-state index in [1.54, 1.807) is 19.1 Å². The lowest BCUT2D eigenvalue weighted by atomic mass is 10.1. The third kappa shape index (κ3) is 3.85. The maximum absolute atomic E-state index is 11.8. The van der Waals surface area contributed by atoms with Gasteiger partial charge < -0.3 is 16.4 Å². The molecule has 0 aliphatic rings. The van der Waals surface area contributed by atoms with Crippen molar-refractivity contribution < 1.29 is 9.59 Å². The normalized spacial score (nSPS) is 13.5. The zero-order valence-electron chi connectivity index (χ0n) is 10.6. The smallest absolute Gasteiger partial charge is 0.242 e. The summed E-state index contributed by atoms with van der Waals surface area (Å²) in [5.74, 6) is -0.578. The zero-order chi connectivity index (χ0) is 13.5. The number of nitrogens with two attached hydrogens (primary N) is 1. The van der Waals surface area contributed by atoms with Gasteiger partial charge in [0.2, 0.25) is 11.8 Å². The van der Waals surface area contributed by atoms with Crippen LogP contribution in [0.15, 0.2) is 30.3 Å². The van der Waals surface area contributed by atoms with Gasteiger partial charge in [0.25, 0.3) is 0 Å². The molecule has 98 valence electrons. The van der Waals surface area contributed by atoms with E-state index < -0.39 is 12.1 Å². The van der Waals surface area contributed by atoms with Gasteiger partial charge in [-0.1, -0.05) is 30.3 Å². The molecule has 0 radical (unpaired) electrons. The van der Waals surface area contributed by atoms with Crippen molar-refractivity contribution in [1.29, 1.82) is 0 Å². The third-order valence-corrected chi connectivity index (χ3v) is 2.54. The van der Waals surface area contributed by atoms with Crippen molar-refractivity contribution in [3.05, 3.63) is 35.9 Å². The van der Waals surface area contributed by atoms with Gasteiger partial charge in [-0.25, -0.2) is 0 Å². The molecule has 1 rings (SSSR count). The molecule has 1 aromatic carbocycles. The minimum Gasteiger partial charge on any atom is -0.355 e. The Labute approximate surface area is 107 Å². The molecule has 1 aromatic rings. The van der Waals surface area contributed by atoms with E-state index in [1.807, 2.05) is 25.1 Å². The van der Waals surface area contributed by atoms with E-state index in [-0.39, 0.29) is 11.8 Å². The number of benzene rings is 1. The van der Waals surface area contributed by atoms with E-state index in [4.69, 9.17) is 5.73 Å². The van der Waals surface area contributed by atoms with Crippen LogP contribution in [0.4, 0.5) is 0 Å². The lowest BCUT2D eigenvalue weighted by Gasteiger charge is -2.17. The van der Waals surface area contributed by atoms with Crippen molar-refractivity contribution in [3.63, 3.8) is 0 Å². The summed E-state index contributed by atoms with van der Waals surface area (Å²) in [5.41, 5.74) is 6.54. The second kappa shape index (κ2) is 6.76. The molecule has 2 atom stereocenters. The summed E-state index contributed by atoms with van der Waals surface area (Å²) in [7, 11) is 0. The number of amides is 2. The largest absolute Gasteiger partial charge is 0.355 e. The standard InChI is InChI=1S/C13H19N3O2/c1-3-15-12(17)9(2)16-13(18)11(14)10-7-5-4-6-8-10/h4-9,11H,3,14H2,1-2H3,(H,15,17)(H,16,18)/t9?,11-/m1/s1. The predicted octanol–water partition coefficient (Wildman–Crippen LogP) is 0.327. The molecule has 1 unspecified atom stereocenters. The van der Waals surface area contributed by atoms with Crippen LogP contribution in [-0.2, 0) is 9.59 Å². The molecule has 0 aliphatic heterocycles. The molecule has 0 saturated carbocycles. The quantitative estimate of drug-likeness (QED) is 0.703. The predicted molar refractivity (Wildman–Crippen MR) is 69.7 cm³/mol.